The molecule has 2 aromatic heterocycles. The zero-order valence-electron chi connectivity index (χ0n) is 11.3. The number of pyridine rings is 1. The van der Waals surface area contributed by atoms with E-state index in [1.54, 1.807) is 23.4 Å². The summed E-state index contributed by atoms with van der Waals surface area (Å²) in [5.41, 5.74) is 1.19. The molecule has 20 heavy (non-hydrogen) atoms. The van der Waals surface area contributed by atoms with E-state index in [1.165, 1.54) is 25.9 Å². The first kappa shape index (κ1) is 11.9. The van der Waals surface area contributed by atoms with Gasteiger partial charge < -0.3 is 14.6 Å². The fourth-order valence-electron chi connectivity index (χ4n) is 3.54. The first-order valence-corrected chi connectivity index (χ1v) is 7.27. The minimum Gasteiger partial charge on any atom is -0.463 e. The van der Waals surface area contributed by atoms with Gasteiger partial charge in [0.05, 0.1) is 38.1 Å². The van der Waals surface area contributed by atoms with Crippen LogP contribution in [-0.2, 0) is 0 Å². The molecule has 3 fully saturated rings. The number of quaternary nitrogens is 1. The van der Waals surface area contributed by atoms with Crippen molar-refractivity contribution in [3.8, 4) is 0 Å². The van der Waals surface area contributed by atoms with Crippen molar-refractivity contribution >= 4 is 16.9 Å². The van der Waals surface area contributed by atoms with E-state index in [-0.39, 0.29) is 5.91 Å². The summed E-state index contributed by atoms with van der Waals surface area (Å²) in [5, 5.41) is 4.09. The van der Waals surface area contributed by atoms with Crippen molar-refractivity contribution in [2.45, 2.75) is 18.9 Å². The minimum absolute atomic E-state index is 0.0637. The molecule has 3 saturated heterocycles. The van der Waals surface area contributed by atoms with Crippen molar-refractivity contribution in [3.05, 3.63) is 30.3 Å². The second-order valence-electron chi connectivity index (χ2n) is 5.90. The molecular weight excluding hydrogens is 254 g/mol. The number of aromatic nitrogens is 1. The topological polar surface area (TPSA) is 59.6 Å². The highest BCUT2D eigenvalue weighted by Crippen LogP contribution is 2.19. The third-order valence-electron chi connectivity index (χ3n) is 4.70. The van der Waals surface area contributed by atoms with Crippen molar-refractivity contribution < 1.29 is 14.1 Å². The molecule has 0 aromatic carbocycles. The van der Waals surface area contributed by atoms with Crippen molar-refractivity contribution in [3.63, 3.8) is 0 Å². The number of hydrogen-bond donors (Lipinski definition) is 2. The van der Waals surface area contributed by atoms with Gasteiger partial charge >= 0.3 is 0 Å². The number of carbonyl (C=O) groups excluding carboxylic acids is 1. The van der Waals surface area contributed by atoms with Gasteiger partial charge in [-0.1, -0.05) is 0 Å². The maximum Gasteiger partial charge on any atom is 0.270 e. The lowest BCUT2D eigenvalue weighted by Crippen LogP contribution is -3.17. The number of furan rings is 1. The van der Waals surface area contributed by atoms with Crippen LogP contribution in [0.4, 0.5) is 0 Å². The highest BCUT2D eigenvalue weighted by atomic mass is 16.3. The predicted molar refractivity (Wildman–Crippen MR) is 73.6 cm³/mol. The highest BCUT2D eigenvalue weighted by molar-refractivity contribution is 5.95. The van der Waals surface area contributed by atoms with E-state index in [0.29, 0.717) is 23.2 Å². The van der Waals surface area contributed by atoms with Crippen LogP contribution in [0.15, 0.2) is 29.0 Å². The molecule has 0 saturated carbocycles. The fraction of sp³-hybridized carbons (Fsp3) is 0.467. The van der Waals surface area contributed by atoms with Crippen LogP contribution in [0.1, 0.15) is 23.3 Å². The summed E-state index contributed by atoms with van der Waals surface area (Å²) in [6, 6.07) is 3.95. The van der Waals surface area contributed by atoms with Crippen LogP contribution < -0.4 is 10.2 Å². The summed E-state index contributed by atoms with van der Waals surface area (Å²) in [6.45, 7) is 3.58. The van der Waals surface area contributed by atoms with Crippen LogP contribution in [0.25, 0.3) is 11.0 Å². The summed E-state index contributed by atoms with van der Waals surface area (Å²) in [4.78, 5) is 18.2. The maximum atomic E-state index is 12.3. The van der Waals surface area contributed by atoms with Crippen molar-refractivity contribution in [1.82, 2.24) is 10.3 Å². The molecule has 2 bridgehead atoms. The number of rotatable bonds is 2. The van der Waals surface area contributed by atoms with Crippen LogP contribution in [-0.4, -0.2) is 36.6 Å². The first-order valence-electron chi connectivity index (χ1n) is 7.27. The lowest BCUT2D eigenvalue weighted by atomic mass is 9.84. The van der Waals surface area contributed by atoms with E-state index in [2.05, 4.69) is 10.3 Å². The summed E-state index contributed by atoms with van der Waals surface area (Å²) in [7, 11) is 0. The van der Waals surface area contributed by atoms with Gasteiger partial charge in [0.1, 0.15) is 5.69 Å². The number of piperidine rings is 3. The molecule has 5 rings (SSSR count). The third-order valence-corrected chi connectivity index (χ3v) is 4.70. The van der Waals surface area contributed by atoms with Crippen molar-refractivity contribution in [2.75, 3.05) is 19.6 Å². The Morgan fingerprint density at radius 2 is 2.25 bits per heavy atom. The second-order valence-corrected chi connectivity index (χ2v) is 5.90. The molecule has 0 spiro atoms. The van der Waals surface area contributed by atoms with Crippen LogP contribution in [0.2, 0.25) is 0 Å². The SMILES string of the molecule is O=C(N[C@@H]1C[NH+]2CCC1CC2)c1cc2ccoc2cn1. The standard InChI is InChI=1S/C15H17N3O2/c19-15(12-7-11-3-6-20-14(11)8-16-12)17-13-9-18-4-1-10(13)2-5-18/h3,6-8,10,13H,1-2,4-5,9H2,(H,17,19)/p+1/t13-/m1/s1. The molecule has 5 heteroatoms. The fourth-order valence-corrected chi connectivity index (χ4v) is 3.54. The molecule has 2 aromatic rings. The quantitative estimate of drug-likeness (QED) is 0.823. The molecule has 5 nitrogen and oxygen atoms in total. The second kappa shape index (κ2) is 4.59. The van der Waals surface area contributed by atoms with E-state index < -0.39 is 0 Å². The Morgan fingerprint density at radius 3 is 3.00 bits per heavy atom. The molecule has 0 radical (unpaired) electrons. The minimum atomic E-state index is -0.0637. The zero-order valence-corrected chi connectivity index (χ0v) is 11.3. The van der Waals surface area contributed by atoms with E-state index in [4.69, 9.17) is 4.42 Å². The van der Waals surface area contributed by atoms with Crippen LogP contribution in [0.3, 0.4) is 0 Å². The molecule has 104 valence electrons. The number of amides is 1. The Balaban J connectivity index is 1.52. The average Bonchev–Trinajstić information content (AvgIpc) is 2.96. The number of carbonyl (C=O) groups is 1. The van der Waals surface area contributed by atoms with Crippen molar-refractivity contribution in [2.24, 2.45) is 5.92 Å². The van der Waals surface area contributed by atoms with Crippen LogP contribution >= 0.6 is 0 Å². The molecular formula is C15H18N3O2+. The van der Waals surface area contributed by atoms with Gasteiger partial charge in [-0.3, -0.25) is 4.79 Å². The van der Waals surface area contributed by atoms with Gasteiger partial charge in [0.15, 0.2) is 5.58 Å². The van der Waals surface area contributed by atoms with Gasteiger partial charge in [-0.15, -0.1) is 0 Å². The Bertz CT molecular complexity index is 643. The number of fused-ring (bicyclic) bond motifs is 4. The van der Waals surface area contributed by atoms with Crippen LogP contribution in [0.5, 0.6) is 0 Å². The normalized spacial score (nSPS) is 28.7. The summed E-state index contributed by atoms with van der Waals surface area (Å²) in [6.07, 6.45) is 5.69. The molecule has 5 heterocycles. The van der Waals surface area contributed by atoms with Gasteiger partial charge in [-0.25, -0.2) is 4.98 Å². The van der Waals surface area contributed by atoms with E-state index >= 15 is 0 Å². The molecule has 3 aliphatic rings. The molecule has 1 amide bonds. The summed E-state index contributed by atoms with van der Waals surface area (Å²) in [5.74, 6) is 0.584. The average molecular weight is 272 g/mol. The van der Waals surface area contributed by atoms with Crippen molar-refractivity contribution in [1.29, 1.82) is 0 Å². The zero-order chi connectivity index (χ0) is 13.5. The number of nitrogens with zero attached hydrogens (tertiary/aromatic N) is 1. The first-order chi connectivity index (χ1) is 9.79. The van der Waals surface area contributed by atoms with E-state index in [0.717, 1.165) is 11.9 Å². The van der Waals surface area contributed by atoms with Crippen LogP contribution in [0, 0.1) is 5.92 Å². The predicted octanol–water partition coefficient (Wildman–Crippen LogP) is 0.235. The van der Waals surface area contributed by atoms with E-state index in [9.17, 15) is 4.79 Å². The summed E-state index contributed by atoms with van der Waals surface area (Å²) < 4.78 is 5.25. The Morgan fingerprint density at radius 1 is 1.40 bits per heavy atom. The molecule has 3 aliphatic heterocycles. The molecule has 0 unspecified atom stereocenters. The van der Waals surface area contributed by atoms with Gasteiger partial charge in [0.2, 0.25) is 0 Å². The van der Waals surface area contributed by atoms with Gasteiger partial charge in [-0.2, -0.15) is 0 Å². The Hall–Kier alpha value is -1.88. The number of hydrogen-bond acceptors (Lipinski definition) is 3. The van der Waals surface area contributed by atoms with E-state index in [1.807, 2.05) is 6.07 Å². The Labute approximate surface area is 117 Å². The lowest BCUT2D eigenvalue weighted by Gasteiger charge is -2.41. The lowest BCUT2D eigenvalue weighted by molar-refractivity contribution is -0.917. The summed E-state index contributed by atoms with van der Waals surface area (Å²) >= 11 is 0. The monoisotopic (exact) mass is 272 g/mol. The van der Waals surface area contributed by atoms with Gasteiger partial charge in [0.25, 0.3) is 5.91 Å². The largest absolute Gasteiger partial charge is 0.463 e. The van der Waals surface area contributed by atoms with Gasteiger partial charge in [-0.05, 0) is 18.1 Å². The molecule has 2 N–H and O–H groups in total. The van der Waals surface area contributed by atoms with Gasteiger partial charge in [0, 0.05) is 18.2 Å². The number of nitrogens with one attached hydrogen (secondary N) is 2. The third kappa shape index (κ3) is 1.98. The highest BCUT2D eigenvalue weighted by Gasteiger charge is 2.38. The molecule has 0 aliphatic carbocycles. The maximum absolute atomic E-state index is 12.3. The Kier molecular flexibility index (Phi) is 2.73. The smallest absolute Gasteiger partial charge is 0.270 e. The molecule has 1 atom stereocenters.